The molecule has 0 aliphatic heterocycles. The van der Waals surface area contributed by atoms with Crippen LogP contribution in [0.25, 0.3) is 54.3 Å². The van der Waals surface area contributed by atoms with Crippen LogP contribution >= 0.6 is 11.3 Å². The average Bonchev–Trinajstić information content (AvgIpc) is 3.43. The molecule has 0 spiro atoms. The van der Waals surface area contributed by atoms with Crippen LogP contribution in [-0.4, -0.2) is 15.0 Å². The summed E-state index contributed by atoms with van der Waals surface area (Å²) < 4.78 is 2.56. The molecule has 2 aromatic heterocycles. The van der Waals surface area contributed by atoms with Gasteiger partial charge in [0.1, 0.15) is 0 Å². The molecule has 2 aliphatic carbocycles. The van der Waals surface area contributed by atoms with Gasteiger partial charge in [0.15, 0.2) is 17.5 Å². The number of nitrogens with zero attached hydrogens (tertiary/aromatic N) is 4. The maximum Gasteiger partial charge on any atom is 0.165 e. The van der Waals surface area contributed by atoms with Crippen LogP contribution in [-0.2, 0) is 5.41 Å². The van der Waals surface area contributed by atoms with Gasteiger partial charge in [-0.25, -0.2) is 15.0 Å². The Kier molecular flexibility index (Phi) is 6.57. The van der Waals surface area contributed by atoms with Crippen LogP contribution in [0.3, 0.4) is 0 Å². The van der Waals surface area contributed by atoms with Gasteiger partial charge in [0.05, 0.1) is 11.6 Å². The predicted molar refractivity (Wildman–Crippen MR) is 180 cm³/mol. The lowest BCUT2D eigenvalue weighted by Gasteiger charge is -2.50. The van der Waals surface area contributed by atoms with E-state index in [4.69, 9.17) is 15.0 Å². The second-order valence-electron chi connectivity index (χ2n) is 13.3. The molecule has 4 nitrogen and oxygen atoms in total. The second-order valence-corrected chi connectivity index (χ2v) is 14.3. The molecule has 2 saturated carbocycles. The van der Waals surface area contributed by atoms with Gasteiger partial charge in [-0.1, -0.05) is 80.6 Å². The molecule has 4 aromatic carbocycles. The van der Waals surface area contributed by atoms with E-state index < -0.39 is 0 Å². The fourth-order valence-corrected chi connectivity index (χ4v) is 9.81. The predicted octanol–water partition coefficient (Wildman–Crippen LogP) is 10.2. The van der Waals surface area contributed by atoms with Crippen molar-refractivity contribution >= 4 is 31.5 Å². The largest absolute Gasteiger partial charge is 0.208 e. The van der Waals surface area contributed by atoms with Gasteiger partial charge < -0.3 is 0 Å². The van der Waals surface area contributed by atoms with E-state index in [9.17, 15) is 5.26 Å². The van der Waals surface area contributed by atoms with E-state index in [1.165, 1.54) is 52.3 Å². The summed E-state index contributed by atoms with van der Waals surface area (Å²) in [7, 11) is 0. The summed E-state index contributed by atoms with van der Waals surface area (Å²) in [5.74, 6) is 4.21. The highest BCUT2D eigenvalue weighted by Crippen LogP contribution is 2.56. The highest BCUT2D eigenvalue weighted by Gasteiger charge is 2.46. The smallest absolute Gasteiger partial charge is 0.165 e. The summed E-state index contributed by atoms with van der Waals surface area (Å²) in [6, 6.07) is 33.4. The van der Waals surface area contributed by atoms with Crippen LogP contribution in [0.2, 0.25) is 0 Å². The van der Waals surface area contributed by atoms with Crippen LogP contribution in [0.4, 0.5) is 0 Å². The topological polar surface area (TPSA) is 62.5 Å². The normalized spacial score (nSPS) is 23.1. The lowest BCUT2D eigenvalue weighted by molar-refractivity contribution is 0.0790. The zero-order chi connectivity index (χ0) is 29.8. The quantitative estimate of drug-likeness (QED) is 0.205. The summed E-state index contributed by atoms with van der Waals surface area (Å²) in [5, 5.41) is 12.3. The SMILES string of the molecule is C[C@@H]1CC2C[C@H](C)CC(c3cccc4sc5c(-c6nc(-c7ccccc7)nc(-c7cccc(C#N)c7)n6)cccc5c34)(C2)C1. The molecule has 0 radical (unpaired) electrons. The fourth-order valence-electron chi connectivity index (χ4n) is 8.57. The van der Waals surface area contributed by atoms with Gasteiger partial charge in [0.25, 0.3) is 0 Å². The molecule has 4 atom stereocenters. The number of rotatable bonds is 4. The number of benzene rings is 4. The minimum Gasteiger partial charge on any atom is -0.208 e. The highest BCUT2D eigenvalue weighted by atomic mass is 32.1. The van der Waals surface area contributed by atoms with E-state index in [-0.39, 0.29) is 5.41 Å². The number of aromatic nitrogens is 3. The summed E-state index contributed by atoms with van der Waals surface area (Å²) in [5.41, 5.74) is 5.15. The standard InChI is InChI=1S/C39H34N4S/c1-24-17-27-18-25(2)21-39(20-24,22-27)32-15-8-16-33-34(32)30-13-7-14-31(35(30)44-33)38-42-36(28-10-4-3-5-11-28)41-37(43-38)29-12-6-9-26(19-29)23-40/h3-16,19,24-25,27H,17-18,20-22H2,1-2H3/t24-,25+,27?,39?. The van der Waals surface area contributed by atoms with Gasteiger partial charge in [-0.3, -0.25) is 0 Å². The number of thiophene rings is 1. The second kappa shape index (κ2) is 10.6. The molecule has 2 heterocycles. The van der Waals surface area contributed by atoms with Crippen molar-refractivity contribution in [3.63, 3.8) is 0 Å². The first kappa shape index (κ1) is 27.2. The van der Waals surface area contributed by atoms with Crippen molar-refractivity contribution in [2.75, 3.05) is 0 Å². The fraction of sp³-hybridized carbons (Fsp3) is 0.282. The first-order valence-electron chi connectivity index (χ1n) is 15.8. The molecule has 2 unspecified atom stereocenters. The molecule has 0 saturated heterocycles. The Balaban J connectivity index is 1.34. The Hall–Kier alpha value is -4.40. The summed E-state index contributed by atoms with van der Waals surface area (Å²) in [6.45, 7) is 4.94. The van der Waals surface area contributed by atoms with Crippen molar-refractivity contribution in [3.8, 4) is 40.2 Å². The molecule has 8 rings (SSSR count). The van der Waals surface area contributed by atoms with Gasteiger partial charge in [-0.05, 0) is 85.1 Å². The zero-order valence-electron chi connectivity index (χ0n) is 25.1. The molecule has 44 heavy (non-hydrogen) atoms. The number of hydrogen-bond donors (Lipinski definition) is 0. The summed E-state index contributed by atoms with van der Waals surface area (Å²) in [4.78, 5) is 15.0. The minimum absolute atomic E-state index is 0.246. The maximum absolute atomic E-state index is 9.56. The first-order chi connectivity index (χ1) is 21.5. The van der Waals surface area contributed by atoms with Crippen molar-refractivity contribution < 1.29 is 0 Å². The van der Waals surface area contributed by atoms with E-state index in [1.54, 1.807) is 11.6 Å². The van der Waals surface area contributed by atoms with Gasteiger partial charge in [-0.2, -0.15) is 5.26 Å². The van der Waals surface area contributed by atoms with Crippen LogP contribution in [0, 0.1) is 29.1 Å². The summed E-state index contributed by atoms with van der Waals surface area (Å²) >= 11 is 1.86. The molecule has 0 N–H and O–H groups in total. The minimum atomic E-state index is 0.246. The Bertz CT molecular complexity index is 2050. The zero-order valence-corrected chi connectivity index (χ0v) is 25.9. The van der Waals surface area contributed by atoms with E-state index in [0.717, 1.165) is 34.4 Å². The first-order valence-corrected chi connectivity index (χ1v) is 16.6. The van der Waals surface area contributed by atoms with Crippen LogP contribution in [0.5, 0.6) is 0 Å². The highest BCUT2D eigenvalue weighted by molar-refractivity contribution is 7.26. The third-order valence-electron chi connectivity index (χ3n) is 9.88. The molecule has 6 aromatic rings. The van der Waals surface area contributed by atoms with E-state index in [1.807, 2.05) is 59.9 Å². The number of nitriles is 1. The molecule has 216 valence electrons. The maximum atomic E-state index is 9.56. The number of fused-ring (bicyclic) bond motifs is 5. The van der Waals surface area contributed by atoms with Crippen LogP contribution in [0.15, 0.2) is 91.0 Å². The Morgan fingerprint density at radius 1 is 0.727 bits per heavy atom. The van der Waals surface area contributed by atoms with Gasteiger partial charge in [-0.15, -0.1) is 11.3 Å². The van der Waals surface area contributed by atoms with E-state index in [2.05, 4.69) is 56.3 Å². The van der Waals surface area contributed by atoms with Crippen molar-refractivity contribution in [2.24, 2.45) is 17.8 Å². The van der Waals surface area contributed by atoms with Gasteiger partial charge in [0.2, 0.25) is 0 Å². The van der Waals surface area contributed by atoms with E-state index >= 15 is 0 Å². The number of hydrogen-bond acceptors (Lipinski definition) is 5. The third-order valence-corrected chi connectivity index (χ3v) is 11.1. The molecule has 2 fully saturated rings. The third kappa shape index (κ3) is 4.60. The Labute approximate surface area is 262 Å². The van der Waals surface area contributed by atoms with E-state index in [0.29, 0.717) is 23.0 Å². The van der Waals surface area contributed by atoms with Crippen LogP contribution < -0.4 is 0 Å². The molecule has 5 heteroatoms. The molecular weight excluding hydrogens is 557 g/mol. The molecular formula is C39H34N4S. The van der Waals surface area contributed by atoms with Gasteiger partial charge >= 0.3 is 0 Å². The van der Waals surface area contributed by atoms with Crippen molar-refractivity contribution in [3.05, 3.63) is 102 Å². The monoisotopic (exact) mass is 590 g/mol. The Morgan fingerprint density at radius 2 is 1.41 bits per heavy atom. The lowest BCUT2D eigenvalue weighted by atomic mass is 9.54. The van der Waals surface area contributed by atoms with Crippen LogP contribution in [0.1, 0.15) is 57.1 Å². The average molecular weight is 591 g/mol. The Morgan fingerprint density at radius 3 is 2.18 bits per heavy atom. The molecule has 2 aliphatic rings. The lowest BCUT2D eigenvalue weighted by Crippen LogP contribution is -2.42. The molecule has 2 bridgehead atoms. The van der Waals surface area contributed by atoms with Crippen molar-refractivity contribution in [2.45, 2.75) is 51.4 Å². The summed E-state index contributed by atoms with van der Waals surface area (Å²) in [6.07, 6.45) is 6.63. The van der Waals surface area contributed by atoms with Crippen molar-refractivity contribution in [1.29, 1.82) is 5.26 Å². The van der Waals surface area contributed by atoms with Gasteiger partial charge in [0, 0.05) is 36.9 Å². The van der Waals surface area contributed by atoms with Crippen molar-refractivity contribution in [1.82, 2.24) is 15.0 Å². The molecule has 0 amide bonds.